The van der Waals surface area contributed by atoms with E-state index >= 15 is 0 Å². The number of hydrogen-bond acceptors (Lipinski definition) is 2. The van der Waals surface area contributed by atoms with Crippen LogP contribution in [-0.4, -0.2) is 46.5 Å². The number of halogens is 1. The van der Waals surface area contributed by atoms with Gasteiger partial charge in [0.25, 0.3) is 0 Å². The SMILES string of the molecule is C#N.O=C(O)CCl.[NaH]. The van der Waals surface area contributed by atoms with E-state index in [1.165, 1.54) is 0 Å². The first-order chi connectivity index (χ1) is 3.27. The molecule has 0 heterocycles. The summed E-state index contributed by atoms with van der Waals surface area (Å²) in [4.78, 5) is 9.24. The number of carbonyl (C=O) groups is 1. The molecule has 0 rings (SSSR count). The molecule has 0 amide bonds. The standard InChI is InChI=1S/C2H3ClO2.CHN.Na.H/c3-1-2(4)5;1-2;;/h1H2,(H,4,5);1H;;. The second-order valence-corrected chi connectivity index (χ2v) is 0.795. The summed E-state index contributed by atoms with van der Waals surface area (Å²) in [6, 6.07) is 0. The van der Waals surface area contributed by atoms with Gasteiger partial charge in [0.05, 0.1) is 0 Å². The topological polar surface area (TPSA) is 61.1 Å². The van der Waals surface area contributed by atoms with Crippen molar-refractivity contribution in [3.05, 3.63) is 0 Å². The van der Waals surface area contributed by atoms with Crippen molar-refractivity contribution in [2.75, 3.05) is 5.88 Å². The molecule has 0 fully saturated rings. The molecule has 1 N–H and O–H groups in total. The van der Waals surface area contributed by atoms with Gasteiger partial charge in [-0.25, -0.2) is 5.26 Å². The van der Waals surface area contributed by atoms with Crippen LogP contribution in [0.2, 0.25) is 0 Å². The summed E-state index contributed by atoms with van der Waals surface area (Å²) in [7, 11) is 0. The van der Waals surface area contributed by atoms with Gasteiger partial charge in [-0.2, -0.15) is 0 Å². The predicted molar refractivity (Wildman–Crippen MR) is 32.2 cm³/mol. The summed E-state index contributed by atoms with van der Waals surface area (Å²) in [6.45, 7) is 3.50. The van der Waals surface area contributed by atoms with E-state index in [0.29, 0.717) is 0 Å². The monoisotopic (exact) mass is 145 g/mol. The molecule has 0 aromatic carbocycles. The third-order valence-electron chi connectivity index (χ3n) is 0.114. The fourth-order valence-electron chi connectivity index (χ4n) is 0. The Hall–Kier alpha value is 0.250. The van der Waals surface area contributed by atoms with Gasteiger partial charge in [0.15, 0.2) is 0 Å². The number of aliphatic carboxylic acids is 1. The van der Waals surface area contributed by atoms with Crippen LogP contribution in [0.15, 0.2) is 0 Å². The number of carboxylic acids is 1. The van der Waals surface area contributed by atoms with Crippen molar-refractivity contribution in [3.8, 4) is 6.57 Å². The molecule has 0 aromatic rings. The van der Waals surface area contributed by atoms with Crippen molar-refractivity contribution in [1.29, 1.82) is 5.26 Å². The molecule has 42 valence electrons. The van der Waals surface area contributed by atoms with Gasteiger partial charge in [-0.05, 0) is 0 Å². The molecule has 8 heavy (non-hydrogen) atoms. The van der Waals surface area contributed by atoms with Crippen molar-refractivity contribution in [1.82, 2.24) is 0 Å². The Kier molecular flexibility index (Phi) is 30.8. The van der Waals surface area contributed by atoms with E-state index in [9.17, 15) is 4.79 Å². The van der Waals surface area contributed by atoms with Crippen LogP contribution in [0.5, 0.6) is 0 Å². The second kappa shape index (κ2) is 15.7. The van der Waals surface area contributed by atoms with Gasteiger partial charge < -0.3 is 5.11 Å². The molecule has 5 heteroatoms. The molecular weight excluding hydrogens is 140 g/mol. The van der Waals surface area contributed by atoms with Gasteiger partial charge >= 0.3 is 35.5 Å². The second-order valence-electron chi connectivity index (χ2n) is 0.527. The van der Waals surface area contributed by atoms with E-state index in [4.69, 9.17) is 22.0 Å². The van der Waals surface area contributed by atoms with E-state index < -0.39 is 5.97 Å². The Bertz CT molecular complexity index is 74.9. The van der Waals surface area contributed by atoms with Gasteiger partial charge in [0.2, 0.25) is 0 Å². The zero-order valence-electron chi connectivity index (χ0n) is 3.47. The van der Waals surface area contributed by atoms with Crippen LogP contribution in [0.1, 0.15) is 0 Å². The zero-order valence-corrected chi connectivity index (χ0v) is 4.22. The van der Waals surface area contributed by atoms with E-state index in [0.717, 1.165) is 0 Å². The van der Waals surface area contributed by atoms with Crippen LogP contribution < -0.4 is 0 Å². The summed E-state index contributed by atoms with van der Waals surface area (Å²) in [6.07, 6.45) is 0. The number of carboxylic acid groups (broad SMARTS) is 1. The van der Waals surface area contributed by atoms with E-state index in [1.807, 2.05) is 0 Å². The first-order valence-corrected chi connectivity index (χ1v) is 1.84. The maximum atomic E-state index is 9.24. The first kappa shape index (κ1) is 15.7. The molecular formula is C3H5ClNNaO2. The summed E-state index contributed by atoms with van der Waals surface area (Å²) < 4.78 is 0. The van der Waals surface area contributed by atoms with Crippen molar-refractivity contribution in [3.63, 3.8) is 0 Å². The minimum atomic E-state index is -0.980. The molecule has 0 aliphatic carbocycles. The third kappa shape index (κ3) is 34.0. The number of alkyl halides is 1. The number of nitrogens with zero attached hydrogens (tertiary/aromatic N) is 1. The van der Waals surface area contributed by atoms with Crippen LogP contribution in [-0.2, 0) is 4.79 Å². The van der Waals surface area contributed by atoms with Crippen LogP contribution in [0, 0.1) is 11.8 Å². The molecule has 0 aromatic heterocycles. The Morgan fingerprint density at radius 1 is 1.75 bits per heavy atom. The van der Waals surface area contributed by atoms with E-state index in [2.05, 4.69) is 6.57 Å². The van der Waals surface area contributed by atoms with Crippen molar-refractivity contribution in [2.24, 2.45) is 0 Å². The van der Waals surface area contributed by atoms with E-state index in [-0.39, 0.29) is 35.4 Å². The molecule has 0 radical (unpaired) electrons. The normalized spacial score (nSPS) is 4.88. The van der Waals surface area contributed by atoms with E-state index in [1.54, 1.807) is 0 Å². The van der Waals surface area contributed by atoms with Crippen molar-refractivity contribution >= 4 is 47.1 Å². The number of rotatable bonds is 1. The van der Waals surface area contributed by atoms with Gasteiger partial charge in [-0.3, -0.25) is 4.79 Å². The quantitative estimate of drug-likeness (QED) is 0.411. The van der Waals surface area contributed by atoms with Gasteiger partial charge in [0.1, 0.15) is 5.88 Å². The molecule has 0 aliphatic rings. The Morgan fingerprint density at radius 3 is 1.88 bits per heavy atom. The van der Waals surface area contributed by atoms with Crippen LogP contribution in [0.3, 0.4) is 0 Å². The molecule has 0 saturated carbocycles. The van der Waals surface area contributed by atoms with Gasteiger partial charge in [-0.1, -0.05) is 0 Å². The minimum absolute atomic E-state index is 0. The number of nitriles is 1. The molecule has 0 atom stereocenters. The number of hydrogen-bond donors (Lipinski definition) is 1. The Morgan fingerprint density at radius 2 is 1.88 bits per heavy atom. The fourth-order valence-corrected chi connectivity index (χ4v) is 0. The predicted octanol–water partition coefficient (Wildman–Crippen LogP) is -0.199. The van der Waals surface area contributed by atoms with Gasteiger partial charge in [-0.15, -0.1) is 11.6 Å². The Balaban J connectivity index is -0.0000000750. The Labute approximate surface area is 74.5 Å². The fraction of sp³-hybridized carbons (Fsp3) is 0.333. The first-order valence-electron chi connectivity index (χ1n) is 1.31. The molecule has 3 nitrogen and oxygen atoms in total. The van der Waals surface area contributed by atoms with Crippen LogP contribution in [0.25, 0.3) is 0 Å². The molecule has 0 aliphatic heterocycles. The third-order valence-corrected chi connectivity index (χ3v) is 0.343. The summed E-state index contributed by atoms with van der Waals surface area (Å²) >= 11 is 4.74. The molecule has 0 unspecified atom stereocenters. The molecule has 0 bridgehead atoms. The van der Waals surface area contributed by atoms with Gasteiger partial charge in [0, 0.05) is 6.57 Å². The maximum absolute atomic E-state index is 9.24. The zero-order chi connectivity index (χ0) is 6.28. The molecule has 0 spiro atoms. The van der Waals surface area contributed by atoms with Crippen LogP contribution in [0.4, 0.5) is 0 Å². The summed E-state index contributed by atoms with van der Waals surface area (Å²) in [5.74, 6) is -1.29. The summed E-state index contributed by atoms with van der Waals surface area (Å²) in [5.41, 5.74) is 0. The van der Waals surface area contributed by atoms with Crippen molar-refractivity contribution in [2.45, 2.75) is 0 Å². The molecule has 0 saturated heterocycles. The van der Waals surface area contributed by atoms with Crippen LogP contribution >= 0.6 is 11.6 Å². The summed E-state index contributed by atoms with van der Waals surface area (Å²) in [5, 5.41) is 14.1. The average molecular weight is 146 g/mol. The average Bonchev–Trinajstić information content (AvgIpc) is 1.73. The van der Waals surface area contributed by atoms with Crippen molar-refractivity contribution < 1.29 is 9.90 Å².